The molecule has 0 aliphatic rings. The second kappa shape index (κ2) is 7.85. The summed E-state index contributed by atoms with van der Waals surface area (Å²) < 4.78 is 17.0. The van der Waals surface area contributed by atoms with E-state index in [0.717, 1.165) is 0 Å². The average Bonchev–Trinajstić information content (AvgIpc) is 3.25. The molecule has 7 heteroatoms. The summed E-state index contributed by atoms with van der Waals surface area (Å²) in [5.74, 6) is -0.114. The van der Waals surface area contributed by atoms with E-state index in [9.17, 15) is 9.59 Å². The van der Waals surface area contributed by atoms with Crippen molar-refractivity contribution in [3.05, 3.63) is 82.2 Å². The van der Waals surface area contributed by atoms with Crippen molar-refractivity contribution >= 4 is 34.2 Å². The van der Waals surface area contributed by atoms with Crippen LogP contribution >= 0.6 is 11.6 Å². The number of hydrogen-bond acceptors (Lipinski definition) is 5. The Balaban J connectivity index is 1.73. The molecule has 1 amide bonds. The Hall–Kier alpha value is -3.51. The van der Waals surface area contributed by atoms with Gasteiger partial charge in [0.05, 0.1) is 11.6 Å². The van der Waals surface area contributed by atoms with Gasteiger partial charge in [0.25, 0.3) is 5.91 Å². The number of ether oxygens (including phenoxy) is 1. The van der Waals surface area contributed by atoms with E-state index in [4.69, 9.17) is 25.2 Å². The van der Waals surface area contributed by atoms with Crippen LogP contribution in [0.3, 0.4) is 0 Å². The predicted molar refractivity (Wildman–Crippen MR) is 110 cm³/mol. The first-order chi connectivity index (χ1) is 14.0. The van der Waals surface area contributed by atoms with E-state index in [-0.39, 0.29) is 16.9 Å². The fourth-order valence-corrected chi connectivity index (χ4v) is 3.00. The molecule has 1 atom stereocenters. The molecule has 0 unspecified atom stereocenters. The molecule has 1 N–H and O–H groups in total. The molecule has 0 bridgehead atoms. The highest BCUT2D eigenvalue weighted by atomic mass is 35.5. The van der Waals surface area contributed by atoms with Crippen molar-refractivity contribution in [2.45, 2.75) is 13.0 Å². The normalized spacial score (nSPS) is 11.9. The molecule has 146 valence electrons. The molecule has 29 heavy (non-hydrogen) atoms. The van der Waals surface area contributed by atoms with Crippen LogP contribution in [-0.4, -0.2) is 12.0 Å². The number of fused-ring (bicyclic) bond motifs is 1. The number of rotatable bonds is 5. The van der Waals surface area contributed by atoms with Gasteiger partial charge in [0, 0.05) is 10.7 Å². The first-order valence-corrected chi connectivity index (χ1v) is 9.23. The molecule has 0 spiro atoms. The summed E-state index contributed by atoms with van der Waals surface area (Å²) in [5, 5.41) is 3.37. The van der Waals surface area contributed by atoms with Crippen LogP contribution in [0.5, 0.6) is 5.75 Å². The number of amides is 1. The van der Waals surface area contributed by atoms with E-state index >= 15 is 0 Å². The van der Waals surface area contributed by atoms with Crippen molar-refractivity contribution in [2.24, 2.45) is 0 Å². The Bertz CT molecular complexity index is 1220. The number of halogens is 1. The van der Waals surface area contributed by atoms with E-state index in [0.29, 0.717) is 22.1 Å². The summed E-state index contributed by atoms with van der Waals surface area (Å²) in [7, 11) is 0. The standard InChI is InChI=1S/C22H16ClNO5/c1-13(22(26)24-15-6-3-2-4-7-15)28-21-19(25)16-12-14(23)9-10-17(16)29-20(21)18-8-5-11-27-18/h2-13H,1H3,(H,24,26)/t13-/m1/s1. The van der Waals surface area contributed by atoms with Crippen LogP contribution in [0.1, 0.15) is 6.92 Å². The van der Waals surface area contributed by atoms with Crippen LogP contribution in [0.2, 0.25) is 5.02 Å². The maximum Gasteiger partial charge on any atom is 0.265 e. The molecule has 0 saturated heterocycles. The summed E-state index contributed by atoms with van der Waals surface area (Å²) in [6.45, 7) is 1.55. The van der Waals surface area contributed by atoms with Gasteiger partial charge >= 0.3 is 0 Å². The van der Waals surface area contributed by atoms with Crippen LogP contribution < -0.4 is 15.5 Å². The fraction of sp³-hybridized carbons (Fsp3) is 0.0909. The molecule has 0 fully saturated rings. The first kappa shape index (κ1) is 18.8. The summed E-state index contributed by atoms with van der Waals surface area (Å²) in [5.41, 5.74) is 0.510. The number of furan rings is 1. The lowest BCUT2D eigenvalue weighted by molar-refractivity contribution is -0.122. The van der Waals surface area contributed by atoms with Crippen molar-refractivity contribution < 1.29 is 18.4 Å². The zero-order valence-corrected chi connectivity index (χ0v) is 16.1. The third kappa shape index (κ3) is 3.88. The molecule has 0 radical (unpaired) electrons. The highest BCUT2D eigenvalue weighted by molar-refractivity contribution is 6.31. The van der Waals surface area contributed by atoms with E-state index in [2.05, 4.69) is 5.32 Å². The summed E-state index contributed by atoms with van der Waals surface area (Å²) >= 11 is 6.02. The quantitative estimate of drug-likeness (QED) is 0.495. The van der Waals surface area contributed by atoms with Crippen molar-refractivity contribution in [3.8, 4) is 17.3 Å². The summed E-state index contributed by atoms with van der Waals surface area (Å²) in [6, 6.07) is 17.0. The Labute approximate surface area is 170 Å². The van der Waals surface area contributed by atoms with Crippen molar-refractivity contribution in [3.63, 3.8) is 0 Å². The van der Waals surface area contributed by atoms with Gasteiger partial charge in [-0.05, 0) is 49.4 Å². The zero-order valence-electron chi connectivity index (χ0n) is 15.3. The largest absolute Gasteiger partial charge is 0.473 e. The maximum absolute atomic E-state index is 13.1. The number of para-hydroxylation sites is 1. The van der Waals surface area contributed by atoms with E-state index in [1.807, 2.05) is 6.07 Å². The molecule has 0 saturated carbocycles. The van der Waals surface area contributed by atoms with Gasteiger partial charge in [0.1, 0.15) is 5.58 Å². The van der Waals surface area contributed by atoms with Crippen LogP contribution in [0, 0.1) is 0 Å². The van der Waals surface area contributed by atoms with Gasteiger partial charge in [-0.3, -0.25) is 9.59 Å². The highest BCUT2D eigenvalue weighted by Crippen LogP contribution is 2.32. The second-order valence-electron chi connectivity index (χ2n) is 6.32. The molecule has 2 heterocycles. The topological polar surface area (TPSA) is 81.7 Å². The minimum atomic E-state index is -0.969. The Morgan fingerprint density at radius 1 is 1.10 bits per heavy atom. The molecule has 0 aliphatic heterocycles. The third-order valence-corrected chi connectivity index (χ3v) is 4.50. The van der Waals surface area contributed by atoms with E-state index in [1.165, 1.54) is 12.3 Å². The monoisotopic (exact) mass is 409 g/mol. The van der Waals surface area contributed by atoms with Crippen LogP contribution in [0.25, 0.3) is 22.5 Å². The molecule has 0 aliphatic carbocycles. The Morgan fingerprint density at radius 3 is 2.62 bits per heavy atom. The molecule has 4 aromatic rings. The van der Waals surface area contributed by atoms with Gasteiger partial charge in [-0.25, -0.2) is 0 Å². The number of hydrogen-bond donors (Lipinski definition) is 1. The van der Waals surface area contributed by atoms with Crippen molar-refractivity contribution in [1.82, 2.24) is 0 Å². The van der Waals surface area contributed by atoms with Gasteiger partial charge in [-0.15, -0.1) is 0 Å². The smallest absolute Gasteiger partial charge is 0.265 e. The lowest BCUT2D eigenvalue weighted by atomic mass is 10.2. The lowest BCUT2D eigenvalue weighted by Crippen LogP contribution is -2.31. The second-order valence-corrected chi connectivity index (χ2v) is 6.76. The van der Waals surface area contributed by atoms with Gasteiger partial charge in [-0.2, -0.15) is 0 Å². The number of carbonyl (C=O) groups is 1. The minimum absolute atomic E-state index is 0.106. The first-order valence-electron chi connectivity index (χ1n) is 8.86. The maximum atomic E-state index is 13.1. The van der Waals surface area contributed by atoms with E-state index in [1.54, 1.807) is 55.5 Å². The van der Waals surface area contributed by atoms with Gasteiger partial charge < -0.3 is 18.9 Å². The SMILES string of the molecule is C[C@@H](Oc1c(-c2ccco2)oc2ccc(Cl)cc2c1=O)C(=O)Nc1ccccc1. The average molecular weight is 410 g/mol. The van der Waals surface area contributed by atoms with Gasteiger partial charge in [0.15, 0.2) is 11.9 Å². The van der Waals surface area contributed by atoms with E-state index < -0.39 is 17.4 Å². The highest BCUT2D eigenvalue weighted by Gasteiger charge is 2.24. The molecule has 2 aromatic carbocycles. The Kier molecular flexibility index (Phi) is 5.10. The van der Waals surface area contributed by atoms with Gasteiger partial charge in [-0.1, -0.05) is 29.8 Å². The molecular weight excluding hydrogens is 394 g/mol. The number of carbonyl (C=O) groups excluding carboxylic acids is 1. The zero-order chi connectivity index (χ0) is 20.4. The van der Waals surface area contributed by atoms with Crippen LogP contribution in [-0.2, 0) is 4.79 Å². The fourth-order valence-electron chi connectivity index (χ4n) is 2.82. The third-order valence-electron chi connectivity index (χ3n) is 4.26. The number of nitrogens with one attached hydrogen (secondary N) is 1. The minimum Gasteiger partial charge on any atom is -0.473 e. The Morgan fingerprint density at radius 2 is 1.90 bits per heavy atom. The summed E-state index contributed by atoms with van der Waals surface area (Å²) in [6.07, 6.45) is 0.486. The number of benzene rings is 2. The van der Waals surface area contributed by atoms with Crippen molar-refractivity contribution in [2.75, 3.05) is 5.32 Å². The molecule has 4 rings (SSSR count). The van der Waals surface area contributed by atoms with Crippen LogP contribution in [0.15, 0.2) is 80.6 Å². The van der Waals surface area contributed by atoms with Crippen LogP contribution in [0.4, 0.5) is 5.69 Å². The van der Waals surface area contributed by atoms with Crippen molar-refractivity contribution in [1.29, 1.82) is 0 Å². The number of anilines is 1. The van der Waals surface area contributed by atoms with Gasteiger partial charge in [0.2, 0.25) is 16.9 Å². The molecule has 2 aromatic heterocycles. The molecular formula is C22H16ClNO5. The summed E-state index contributed by atoms with van der Waals surface area (Å²) in [4.78, 5) is 25.6. The predicted octanol–water partition coefficient (Wildman–Crippen LogP) is 5.11. The molecule has 6 nitrogen and oxygen atoms in total. The lowest BCUT2D eigenvalue weighted by Gasteiger charge is -2.16.